The average molecular weight is 236 g/mol. The topological polar surface area (TPSA) is 38.0 Å². The zero-order chi connectivity index (χ0) is 11.8. The van der Waals surface area contributed by atoms with Crippen molar-refractivity contribution in [1.82, 2.24) is 0 Å². The smallest absolute Gasteiger partial charge is 0.0463 e. The Morgan fingerprint density at radius 2 is 1.94 bits per heavy atom. The van der Waals surface area contributed by atoms with Crippen molar-refractivity contribution in [2.45, 2.75) is 44.3 Å². The van der Waals surface area contributed by atoms with Crippen molar-refractivity contribution in [2.75, 3.05) is 10.5 Å². The maximum Gasteiger partial charge on any atom is 0.0463 e. The van der Waals surface area contributed by atoms with Crippen molar-refractivity contribution in [3.63, 3.8) is 0 Å². The third kappa shape index (κ3) is 3.08. The Hall–Kier alpha value is -0.830. The first-order chi connectivity index (χ1) is 7.45. The molecule has 1 aliphatic rings. The Morgan fingerprint density at radius 3 is 2.50 bits per heavy atom. The van der Waals surface area contributed by atoms with Crippen LogP contribution in [0.15, 0.2) is 18.2 Å². The highest BCUT2D eigenvalue weighted by Crippen LogP contribution is 2.35. The molecule has 0 saturated heterocycles. The van der Waals surface area contributed by atoms with Crippen LogP contribution < -0.4 is 10.5 Å². The van der Waals surface area contributed by atoms with E-state index < -0.39 is 0 Å². The van der Waals surface area contributed by atoms with Crippen LogP contribution in [0.25, 0.3) is 0 Å². The van der Waals surface area contributed by atoms with Gasteiger partial charge in [-0.1, -0.05) is 20.8 Å². The van der Waals surface area contributed by atoms with E-state index in [1.807, 2.05) is 18.0 Å². The van der Waals surface area contributed by atoms with E-state index in [1.54, 1.807) is 0 Å². The van der Waals surface area contributed by atoms with E-state index in [2.05, 4.69) is 37.6 Å². The van der Waals surface area contributed by atoms with Crippen LogP contribution in [0, 0.1) is 0 Å². The molecule has 0 unspecified atom stereocenters. The van der Waals surface area contributed by atoms with Gasteiger partial charge in [0.15, 0.2) is 0 Å². The number of hydrogen-bond donors (Lipinski definition) is 2. The minimum absolute atomic E-state index is 0.149. The molecule has 88 valence electrons. The lowest BCUT2D eigenvalue weighted by Gasteiger charge is -2.20. The summed E-state index contributed by atoms with van der Waals surface area (Å²) < 4.78 is 3.40. The quantitative estimate of drug-likeness (QED) is 0.619. The molecule has 0 atom stereocenters. The van der Waals surface area contributed by atoms with Gasteiger partial charge in [0.25, 0.3) is 0 Å². The average Bonchev–Trinajstić information content (AvgIpc) is 2.96. The molecule has 2 nitrogen and oxygen atoms in total. The molecule has 0 bridgehead atoms. The summed E-state index contributed by atoms with van der Waals surface area (Å²) in [5, 5.41) is 0.805. The number of rotatable bonds is 3. The first-order valence-corrected chi connectivity index (χ1v) is 6.66. The summed E-state index contributed by atoms with van der Waals surface area (Å²) in [4.78, 5) is 0. The molecule has 1 aliphatic carbocycles. The van der Waals surface area contributed by atoms with Gasteiger partial charge in [-0.2, -0.15) is 0 Å². The number of nitrogens with two attached hydrogens (primary N) is 1. The standard InChI is InChI=1S/C13H20N2S/c1-13(2,3)9-6-10(14)8-11(7-9)15-16-12-4-5-12/h6-8,12,15H,4-5,14H2,1-3H3. The summed E-state index contributed by atoms with van der Waals surface area (Å²) in [6, 6.07) is 6.27. The molecule has 1 saturated carbocycles. The number of anilines is 2. The minimum atomic E-state index is 0.149. The van der Waals surface area contributed by atoms with Gasteiger partial charge < -0.3 is 10.5 Å². The Balaban J connectivity index is 2.14. The van der Waals surface area contributed by atoms with Gasteiger partial charge in [0, 0.05) is 16.6 Å². The summed E-state index contributed by atoms with van der Waals surface area (Å²) in [7, 11) is 0. The van der Waals surface area contributed by atoms with Crippen molar-refractivity contribution in [2.24, 2.45) is 0 Å². The highest BCUT2D eigenvalue weighted by Gasteiger charge is 2.22. The van der Waals surface area contributed by atoms with E-state index >= 15 is 0 Å². The van der Waals surface area contributed by atoms with E-state index in [0.717, 1.165) is 16.6 Å². The second kappa shape index (κ2) is 4.21. The molecule has 0 radical (unpaired) electrons. The highest BCUT2D eigenvalue weighted by atomic mass is 32.2. The minimum Gasteiger partial charge on any atom is -0.399 e. The summed E-state index contributed by atoms with van der Waals surface area (Å²) in [5.41, 5.74) is 9.33. The van der Waals surface area contributed by atoms with E-state index in [-0.39, 0.29) is 5.41 Å². The fraction of sp³-hybridized carbons (Fsp3) is 0.538. The molecule has 2 rings (SSSR count). The van der Waals surface area contributed by atoms with Crippen molar-refractivity contribution in [3.8, 4) is 0 Å². The molecule has 3 N–H and O–H groups in total. The Morgan fingerprint density at radius 1 is 1.25 bits per heavy atom. The fourth-order valence-electron chi connectivity index (χ4n) is 1.48. The summed E-state index contributed by atoms with van der Waals surface area (Å²) >= 11 is 1.82. The Kier molecular flexibility index (Phi) is 3.06. The lowest BCUT2D eigenvalue weighted by Crippen LogP contribution is -2.11. The summed E-state index contributed by atoms with van der Waals surface area (Å²) in [5.74, 6) is 0. The van der Waals surface area contributed by atoms with E-state index in [4.69, 9.17) is 5.73 Å². The lowest BCUT2D eigenvalue weighted by molar-refractivity contribution is 0.591. The molecule has 1 fully saturated rings. The van der Waals surface area contributed by atoms with Gasteiger partial charge in [-0.25, -0.2) is 0 Å². The van der Waals surface area contributed by atoms with E-state index in [9.17, 15) is 0 Å². The molecule has 16 heavy (non-hydrogen) atoms. The van der Waals surface area contributed by atoms with Crippen LogP contribution in [-0.2, 0) is 5.41 Å². The maximum atomic E-state index is 5.93. The first kappa shape index (κ1) is 11.6. The van der Waals surface area contributed by atoms with Crippen LogP contribution in [0.5, 0.6) is 0 Å². The van der Waals surface area contributed by atoms with Crippen molar-refractivity contribution >= 4 is 23.3 Å². The van der Waals surface area contributed by atoms with Crippen LogP contribution in [-0.4, -0.2) is 5.25 Å². The molecule has 1 aromatic rings. The van der Waals surface area contributed by atoms with Crippen molar-refractivity contribution in [1.29, 1.82) is 0 Å². The summed E-state index contributed by atoms with van der Waals surface area (Å²) in [6.45, 7) is 6.62. The largest absolute Gasteiger partial charge is 0.399 e. The first-order valence-electron chi connectivity index (χ1n) is 5.78. The molecule has 0 aliphatic heterocycles. The molecule has 0 amide bonds. The Labute approximate surface area is 102 Å². The molecule has 1 aromatic carbocycles. The third-order valence-electron chi connectivity index (χ3n) is 2.69. The van der Waals surface area contributed by atoms with Gasteiger partial charge in [-0.05, 0) is 54.0 Å². The SMILES string of the molecule is CC(C)(C)c1cc(N)cc(NSC2CC2)c1. The molecular formula is C13H20N2S. The van der Waals surface area contributed by atoms with Crippen LogP contribution in [0.4, 0.5) is 11.4 Å². The lowest BCUT2D eigenvalue weighted by atomic mass is 9.86. The molecule has 0 aromatic heterocycles. The van der Waals surface area contributed by atoms with Crippen molar-refractivity contribution in [3.05, 3.63) is 23.8 Å². The zero-order valence-electron chi connectivity index (χ0n) is 10.2. The van der Waals surface area contributed by atoms with E-state index in [0.29, 0.717) is 0 Å². The van der Waals surface area contributed by atoms with Crippen LogP contribution in [0.3, 0.4) is 0 Å². The van der Waals surface area contributed by atoms with Gasteiger partial charge >= 0.3 is 0 Å². The number of nitrogens with one attached hydrogen (secondary N) is 1. The van der Waals surface area contributed by atoms with Gasteiger partial charge in [0.05, 0.1) is 0 Å². The second-order valence-corrected chi connectivity index (χ2v) is 6.62. The molecular weight excluding hydrogens is 216 g/mol. The van der Waals surface area contributed by atoms with E-state index in [1.165, 1.54) is 18.4 Å². The van der Waals surface area contributed by atoms with Gasteiger partial charge in [0.2, 0.25) is 0 Å². The number of benzene rings is 1. The van der Waals surface area contributed by atoms with Crippen LogP contribution in [0.2, 0.25) is 0 Å². The zero-order valence-corrected chi connectivity index (χ0v) is 11.0. The van der Waals surface area contributed by atoms with Crippen molar-refractivity contribution < 1.29 is 0 Å². The molecule has 0 spiro atoms. The predicted molar refractivity (Wildman–Crippen MR) is 73.8 cm³/mol. The van der Waals surface area contributed by atoms with Gasteiger partial charge in [-0.3, -0.25) is 0 Å². The maximum absolute atomic E-state index is 5.93. The van der Waals surface area contributed by atoms with Gasteiger partial charge in [-0.15, -0.1) is 0 Å². The molecule has 3 heteroatoms. The third-order valence-corrected chi connectivity index (χ3v) is 3.85. The Bertz CT molecular complexity index is 378. The second-order valence-electron chi connectivity index (χ2n) is 5.51. The predicted octanol–water partition coefficient (Wildman–Crippen LogP) is 3.79. The normalized spacial score (nSPS) is 16.2. The molecule has 0 heterocycles. The fourth-order valence-corrected chi connectivity index (χ4v) is 2.27. The van der Waals surface area contributed by atoms with Crippen LogP contribution >= 0.6 is 11.9 Å². The number of nitrogen functional groups attached to an aromatic ring is 1. The summed E-state index contributed by atoms with van der Waals surface area (Å²) in [6.07, 6.45) is 2.68. The highest BCUT2D eigenvalue weighted by molar-refractivity contribution is 8.01. The van der Waals surface area contributed by atoms with Crippen LogP contribution in [0.1, 0.15) is 39.2 Å². The monoisotopic (exact) mass is 236 g/mol. The van der Waals surface area contributed by atoms with Gasteiger partial charge in [0.1, 0.15) is 0 Å². The number of hydrogen-bond acceptors (Lipinski definition) is 3.